The van der Waals surface area contributed by atoms with Crippen molar-refractivity contribution in [2.75, 3.05) is 13.7 Å². The second kappa shape index (κ2) is 7.78. The molecule has 0 spiro atoms. The third-order valence-corrected chi connectivity index (χ3v) is 3.60. The van der Waals surface area contributed by atoms with Gasteiger partial charge in [-0.25, -0.2) is 0 Å². The average molecular weight is 270 g/mol. The molecule has 0 heterocycles. The van der Waals surface area contributed by atoms with E-state index in [0.29, 0.717) is 6.04 Å². The quantitative estimate of drug-likeness (QED) is 0.817. The number of benzene rings is 1. The first-order chi connectivity index (χ1) is 8.58. The predicted molar refractivity (Wildman–Crippen MR) is 78.4 cm³/mol. The van der Waals surface area contributed by atoms with Gasteiger partial charge in [-0.15, -0.1) is 0 Å². The summed E-state index contributed by atoms with van der Waals surface area (Å²) in [5.74, 6) is 0. The van der Waals surface area contributed by atoms with E-state index >= 15 is 0 Å². The molecule has 0 aromatic heterocycles. The van der Waals surface area contributed by atoms with Crippen molar-refractivity contribution < 1.29 is 4.74 Å². The number of hydrogen-bond acceptors (Lipinski definition) is 2. The highest BCUT2D eigenvalue weighted by Gasteiger charge is 2.17. The summed E-state index contributed by atoms with van der Waals surface area (Å²) in [4.78, 5) is 0. The first-order valence-electron chi connectivity index (χ1n) is 6.59. The SMILES string of the molecule is CCCNC(Cc1ccc(C)cc1Cl)C(C)OC. The van der Waals surface area contributed by atoms with Crippen LogP contribution in [0.1, 0.15) is 31.4 Å². The highest BCUT2D eigenvalue weighted by atomic mass is 35.5. The number of methoxy groups -OCH3 is 1. The van der Waals surface area contributed by atoms with Crippen LogP contribution in [0.4, 0.5) is 0 Å². The summed E-state index contributed by atoms with van der Waals surface area (Å²) in [5.41, 5.74) is 2.38. The molecule has 102 valence electrons. The fourth-order valence-corrected chi connectivity index (χ4v) is 2.27. The maximum Gasteiger partial charge on any atom is 0.0699 e. The standard InChI is InChI=1S/C15H24ClNO/c1-5-8-17-15(12(3)18-4)10-13-7-6-11(2)9-14(13)16/h6-7,9,12,15,17H,5,8,10H2,1-4H3. The number of nitrogens with one attached hydrogen (secondary N) is 1. The predicted octanol–water partition coefficient (Wildman–Crippen LogP) is 3.59. The van der Waals surface area contributed by atoms with Crippen LogP contribution in [0.25, 0.3) is 0 Å². The Morgan fingerprint density at radius 1 is 1.39 bits per heavy atom. The minimum atomic E-state index is 0.175. The molecule has 0 aliphatic rings. The highest BCUT2D eigenvalue weighted by molar-refractivity contribution is 6.31. The van der Waals surface area contributed by atoms with E-state index in [2.05, 4.69) is 38.2 Å². The smallest absolute Gasteiger partial charge is 0.0699 e. The molecule has 1 N–H and O–H groups in total. The third-order valence-electron chi connectivity index (χ3n) is 3.24. The van der Waals surface area contributed by atoms with Crippen LogP contribution in [0.5, 0.6) is 0 Å². The van der Waals surface area contributed by atoms with Gasteiger partial charge in [0.05, 0.1) is 6.10 Å². The van der Waals surface area contributed by atoms with Crippen molar-refractivity contribution in [3.63, 3.8) is 0 Å². The molecule has 0 saturated carbocycles. The zero-order valence-corrected chi connectivity index (χ0v) is 12.6. The van der Waals surface area contributed by atoms with Crippen LogP contribution in [0.15, 0.2) is 18.2 Å². The van der Waals surface area contributed by atoms with Gasteiger partial charge in [-0.1, -0.05) is 30.7 Å². The first-order valence-corrected chi connectivity index (χ1v) is 6.97. The molecule has 1 aromatic carbocycles. The van der Waals surface area contributed by atoms with Crippen LogP contribution in [0.3, 0.4) is 0 Å². The molecule has 0 fully saturated rings. The lowest BCUT2D eigenvalue weighted by molar-refractivity contribution is 0.0831. The largest absolute Gasteiger partial charge is 0.380 e. The van der Waals surface area contributed by atoms with Gasteiger partial charge in [-0.3, -0.25) is 0 Å². The summed E-state index contributed by atoms with van der Waals surface area (Å²) >= 11 is 6.29. The molecule has 0 amide bonds. The van der Waals surface area contributed by atoms with E-state index in [1.165, 1.54) is 11.1 Å². The van der Waals surface area contributed by atoms with Gasteiger partial charge in [0, 0.05) is 18.2 Å². The van der Waals surface area contributed by atoms with Crippen LogP contribution < -0.4 is 5.32 Å². The van der Waals surface area contributed by atoms with Crippen LogP contribution >= 0.6 is 11.6 Å². The highest BCUT2D eigenvalue weighted by Crippen LogP contribution is 2.20. The lowest BCUT2D eigenvalue weighted by atomic mass is 10.0. The molecule has 0 saturated heterocycles. The Kier molecular flexibility index (Phi) is 6.69. The normalized spacial score (nSPS) is 14.5. The van der Waals surface area contributed by atoms with Crippen molar-refractivity contribution in [3.05, 3.63) is 34.3 Å². The van der Waals surface area contributed by atoms with E-state index in [-0.39, 0.29) is 6.10 Å². The minimum Gasteiger partial charge on any atom is -0.380 e. The van der Waals surface area contributed by atoms with Gasteiger partial charge in [-0.2, -0.15) is 0 Å². The maximum atomic E-state index is 6.29. The molecule has 0 radical (unpaired) electrons. The van der Waals surface area contributed by atoms with E-state index in [9.17, 15) is 0 Å². The van der Waals surface area contributed by atoms with Gasteiger partial charge < -0.3 is 10.1 Å². The van der Waals surface area contributed by atoms with Gasteiger partial charge in [0.1, 0.15) is 0 Å². The van der Waals surface area contributed by atoms with Gasteiger partial charge in [0.2, 0.25) is 0 Å². The van der Waals surface area contributed by atoms with E-state index < -0.39 is 0 Å². The number of halogens is 1. The summed E-state index contributed by atoms with van der Waals surface area (Å²) in [6.45, 7) is 7.32. The Labute approximate surface area is 116 Å². The summed E-state index contributed by atoms with van der Waals surface area (Å²) in [7, 11) is 1.75. The second-order valence-electron chi connectivity index (χ2n) is 4.80. The maximum absolute atomic E-state index is 6.29. The molecule has 1 aromatic rings. The fourth-order valence-electron chi connectivity index (χ4n) is 1.95. The molecule has 0 aliphatic carbocycles. The van der Waals surface area contributed by atoms with Crippen LogP contribution in [-0.2, 0) is 11.2 Å². The Hall–Kier alpha value is -0.570. The summed E-state index contributed by atoms with van der Waals surface area (Å²) in [6.07, 6.45) is 2.19. The Bertz CT molecular complexity index is 368. The van der Waals surface area contributed by atoms with E-state index in [0.717, 1.165) is 24.4 Å². The molecule has 2 nitrogen and oxygen atoms in total. The van der Waals surface area contributed by atoms with Crippen LogP contribution in [0, 0.1) is 6.92 Å². The van der Waals surface area contributed by atoms with Crippen molar-refractivity contribution in [1.29, 1.82) is 0 Å². The van der Waals surface area contributed by atoms with Gasteiger partial charge in [0.15, 0.2) is 0 Å². The summed E-state index contributed by atoms with van der Waals surface area (Å²) in [5, 5.41) is 4.38. The Morgan fingerprint density at radius 2 is 2.11 bits per heavy atom. The average Bonchev–Trinajstić information content (AvgIpc) is 2.36. The molecule has 18 heavy (non-hydrogen) atoms. The van der Waals surface area contributed by atoms with Gasteiger partial charge in [-0.05, 0) is 50.4 Å². The monoisotopic (exact) mass is 269 g/mol. The van der Waals surface area contributed by atoms with Crippen molar-refractivity contribution in [2.24, 2.45) is 0 Å². The molecule has 2 unspecified atom stereocenters. The molecule has 1 rings (SSSR count). The zero-order valence-electron chi connectivity index (χ0n) is 11.8. The van der Waals surface area contributed by atoms with Gasteiger partial charge in [0.25, 0.3) is 0 Å². The molecule has 0 aliphatic heterocycles. The first kappa shape index (κ1) is 15.5. The number of rotatable bonds is 7. The fraction of sp³-hybridized carbons (Fsp3) is 0.600. The lowest BCUT2D eigenvalue weighted by Crippen LogP contribution is -2.41. The van der Waals surface area contributed by atoms with E-state index in [4.69, 9.17) is 16.3 Å². The zero-order chi connectivity index (χ0) is 13.5. The Balaban J connectivity index is 2.75. The summed E-state index contributed by atoms with van der Waals surface area (Å²) < 4.78 is 5.44. The third kappa shape index (κ3) is 4.60. The molecular formula is C15H24ClNO. The van der Waals surface area contributed by atoms with Crippen molar-refractivity contribution >= 4 is 11.6 Å². The van der Waals surface area contributed by atoms with Crippen LogP contribution in [0.2, 0.25) is 5.02 Å². The van der Waals surface area contributed by atoms with Gasteiger partial charge >= 0.3 is 0 Å². The van der Waals surface area contributed by atoms with Crippen molar-refractivity contribution in [3.8, 4) is 0 Å². The topological polar surface area (TPSA) is 21.3 Å². The van der Waals surface area contributed by atoms with Crippen LogP contribution in [-0.4, -0.2) is 25.8 Å². The molecular weight excluding hydrogens is 246 g/mol. The lowest BCUT2D eigenvalue weighted by Gasteiger charge is -2.24. The Morgan fingerprint density at radius 3 is 2.67 bits per heavy atom. The second-order valence-corrected chi connectivity index (χ2v) is 5.21. The molecule has 0 bridgehead atoms. The van der Waals surface area contributed by atoms with Crippen molar-refractivity contribution in [1.82, 2.24) is 5.32 Å². The number of hydrogen-bond donors (Lipinski definition) is 1. The summed E-state index contributed by atoms with van der Waals surface area (Å²) in [6, 6.07) is 6.54. The van der Waals surface area contributed by atoms with Crippen molar-refractivity contribution in [2.45, 2.75) is 45.8 Å². The molecule has 2 atom stereocenters. The van der Waals surface area contributed by atoms with E-state index in [1.807, 2.05) is 6.07 Å². The minimum absolute atomic E-state index is 0.175. The van der Waals surface area contributed by atoms with E-state index in [1.54, 1.807) is 7.11 Å². The number of ether oxygens (including phenoxy) is 1. The molecule has 3 heteroatoms. The number of aryl methyl sites for hydroxylation is 1.